The Morgan fingerprint density at radius 1 is 1.15 bits per heavy atom. The predicted octanol–water partition coefficient (Wildman–Crippen LogP) is 2.09. The van der Waals surface area contributed by atoms with Gasteiger partial charge in [0.15, 0.2) is 15.9 Å². The normalized spacial score (nSPS) is 10.8. The second kappa shape index (κ2) is 5.34. The number of nitrogens with one attached hydrogen (secondary N) is 1. The zero-order chi connectivity index (χ0) is 13.9. The minimum Gasteiger partial charge on any atom is -0.315 e. The van der Waals surface area contributed by atoms with Crippen molar-refractivity contribution in [3.05, 3.63) is 63.4 Å². The molecule has 1 aromatic carbocycles. The molecule has 0 radical (unpaired) electrons. The Labute approximate surface area is 120 Å². The number of H-pyrrole nitrogens is 1. The molecule has 3 aromatic rings. The van der Waals surface area contributed by atoms with Gasteiger partial charge in [-0.3, -0.25) is 9.36 Å². The third kappa shape index (κ3) is 2.37. The van der Waals surface area contributed by atoms with E-state index in [1.807, 2.05) is 30.3 Å². The molecule has 1 N–H and O–H groups in total. The van der Waals surface area contributed by atoms with Gasteiger partial charge in [-0.05, 0) is 24.2 Å². The average Bonchev–Trinajstić information content (AvgIpc) is 2.48. The number of nitrogens with zero attached hydrogens (tertiary/aromatic N) is 3. The summed E-state index contributed by atoms with van der Waals surface area (Å²) in [7, 11) is 0. The second-order valence-corrected chi connectivity index (χ2v) is 4.76. The van der Waals surface area contributed by atoms with E-state index in [1.165, 1.54) is 17.0 Å². The molecule has 6 heteroatoms. The Kier molecular flexibility index (Phi) is 3.39. The number of hydrogen-bond acceptors (Lipinski definition) is 4. The van der Waals surface area contributed by atoms with Gasteiger partial charge < -0.3 is 4.98 Å². The number of benzene rings is 1. The molecular formula is C14H12N4OS. The van der Waals surface area contributed by atoms with Crippen molar-refractivity contribution in [2.45, 2.75) is 13.0 Å². The van der Waals surface area contributed by atoms with Crippen LogP contribution in [-0.4, -0.2) is 19.5 Å². The van der Waals surface area contributed by atoms with Crippen molar-refractivity contribution in [1.29, 1.82) is 0 Å². The van der Waals surface area contributed by atoms with Crippen LogP contribution in [0.5, 0.6) is 0 Å². The maximum absolute atomic E-state index is 12.3. The Balaban J connectivity index is 2.00. The highest BCUT2D eigenvalue weighted by atomic mass is 32.1. The number of rotatable bonds is 3. The van der Waals surface area contributed by atoms with Gasteiger partial charge in [-0.15, -0.1) is 0 Å². The lowest BCUT2D eigenvalue weighted by Crippen LogP contribution is -2.24. The van der Waals surface area contributed by atoms with E-state index in [0.717, 1.165) is 12.0 Å². The highest BCUT2D eigenvalue weighted by molar-refractivity contribution is 7.71. The van der Waals surface area contributed by atoms with Crippen LogP contribution < -0.4 is 5.56 Å². The number of hydrogen-bond donors (Lipinski definition) is 1. The topological polar surface area (TPSA) is 63.6 Å². The van der Waals surface area contributed by atoms with E-state index in [2.05, 4.69) is 15.0 Å². The van der Waals surface area contributed by atoms with E-state index >= 15 is 0 Å². The highest BCUT2D eigenvalue weighted by Gasteiger charge is 2.07. The monoisotopic (exact) mass is 284 g/mol. The van der Waals surface area contributed by atoms with E-state index in [4.69, 9.17) is 12.2 Å². The zero-order valence-electron chi connectivity index (χ0n) is 10.6. The molecule has 0 saturated heterocycles. The van der Waals surface area contributed by atoms with Crippen LogP contribution in [0.4, 0.5) is 0 Å². The molecule has 0 fully saturated rings. The summed E-state index contributed by atoms with van der Waals surface area (Å²) in [6, 6.07) is 9.97. The van der Waals surface area contributed by atoms with E-state index in [-0.39, 0.29) is 5.56 Å². The van der Waals surface area contributed by atoms with Gasteiger partial charge in [0.25, 0.3) is 5.56 Å². The summed E-state index contributed by atoms with van der Waals surface area (Å²) in [5.41, 5.74) is 1.70. The SMILES string of the molecule is O=c1c2nccnc2[nH]c(=S)n1CCc1ccccc1. The summed E-state index contributed by atoms with van der Waals surface area (Å²) in [4.78, 5) is 23.4. The molecule has 0 aliphatic rings. The quantitative estimate of drug-likeness (QED) is 0.748. The van der Waals surface area contributed by atoms with Crippen LogP contribution in [0, 0.1) is 4.77 Å². The Morgan fingerprint density at radius 2 is 1.90 bits per heavy atom. The first-order valence-corrected chi connectivity index (χ1v) is 6.64. The molecule has 0 saturated carbocycles. The van der Waals surface area contributed by atoms with Crippen molar-refractivity contribution < 1.29 is 0 Å². The van der Waals surface area contributed by atoms with Gasteiger partial charge in [-0.2, -0.15) is 0 Å². The lowest BCUT2D eigenvalue weighted by atomic mass is 10.1. The van der Waals surface area contributed by atoms with Gasteiger partial charge in [0, 0.05) is 18.9 Å². The fourth-order valence-corrected chi connectivity index (χ4v) is 2.33. The third-order valence-corrected chi connectivity index (χ3v) is 3.41. The van der Waals surface area contributed by atoms with Gasteiger partial charge >= 0.3 is 0 Å². The molecular weight excluding hydrogens is 272 g/mol. The number of aryl methyl sites for hydroxylation is 1. The molecule has 2 heterocycles. The van der Waals surface area contributed by atoms with Crippen molar-refractivity contribution in [3.63, 3.8) is 0 Å². The van der Waals surface area contributed by atoms with Crippen molar-refractivity contribution >= 4 is 23.4 Å². The van der Waals surface area contributed by atoms with Crippen molar-refractivity contribution in [3.8, 4) is 0 Å². The highest BCUT2D eigenvalue weighted by Crippen LogP contribution is 2.03. The van der Waals surface area contributed by atoms with Crippen LogP contribution in [0.15, 0.2) is 47.5 Å². The van der Waals surface area contributed by atoms with E-state index in [1.54, 1.807) is 0 Å². The minimum atomic E-state index is -0.201. The van der Waals surface area contributed by atoms with Crippen LogP contribution in [-0.2, 0) is 13.0 Å². The van der Waals surface area contributed by atoms with E-state index in [0.29, 0.717) is 22.5 Å². The molecule has 2 aromatic heterocycles. The Morgan fingerprint density at radius 3 is 2.70 bits per heavy atom. The summed E-state index contributed by atoms with van der Waals surface area (Å²) in [6.07, 6.45) is 3.77. The molecule has 0 unspecified atom stereocenters. The maximum Gasteiger partial charge on any atom is 0.282 e. The molecule has 0 atom stereocenters. The first kappa shape index (κ1) is 12.7. The molecule has 0 amide bonds. The Hall–Kier alpha value is -2.34. The molecule has 0 bridgehead atoms. The average molecular weight is 284 g/mol. The Bertz CT molecular complexity index is 854. The molecule has 5 nitrogen and oxygen atoms in total. The van der Waals surface area contributed by atoms with Gasteiger partial charge in [0.2, 0.25) is 0 Å². The van der Waals surface area contributed by atoms with Gasteiger partial charge in [0.05, 0.1) is 0 Å². The maximum atomic E-state index is 12.3. The summed E-state index contributed by atoms with van der Waals surface area (Å²) < 4.78 is 1.90. The fourth-order valence-electron chi connectivity index (χ4n) is 2.06. The summed E-state index contributed by atoms with van der Waals surface area (Å²) in [5.74, 6) is 0. The van der Waals surface area contributed by atoms with Crippen LogP contribution >= 0.6 is 12.2 Å². The number of aromatic amines is 1. The zero-order valence-corrected chi connectivity index (χ0v) is 11.4. The largest absolute Gasteiger partial charge is 0.315 e. The molecule has 0 spiro atoms. The number of fused-ring (bicyclic) bond motifs is 1. The lowest BCUT2D eigenvalue weighted by Gasteiger charge is -2.07. The molecule has 3 rings (SSSR count). The summed E-state index contributed by atoms with van der Waals surface area (Å²) in [6.45, 7) is 0.519. The smallest absolute Gasteiger partial charge is 0.282 e. The first-order chi connectivity index (χ1) is 9.75. The van der Waals surface area contributed by atoms with Gasteiger partial charge in [-0.1, -0.05) is 30.3 Å². The lowest BCUT2D eigenvalue weighted by molar-refractivity contribution is 0.650. The fraction of sp³-hybridized carbons (Fsp3) is 0.143. The van der Waals surface area contributed by atoms with Gasteiger partial charge in [0.1, 0.15) is 0 Å². The van der Waals surface area contributed by atoms with Gasteiger partial charge in [-0.25, -0.2) is 9.97 Å². The first-order valence-electron chi connectivity index (χ1n) is 6.23. The predicted molar refractivity (Wildman–Crippen MR) is 79.1 cm³/mol. The summed E-state index contributed by atoms with van der Waals surface area (Å²) >= 11 is 5.22. The van der Waals surface area contributed by atoms with Crippen molar-refractivity contribution in [1.82, 2.24) is 19.5 Å². The summed E-state index contributed by atoms with van der Waals surface area (Å²) in [5, 5.41) is 0. The number of aromatic nitrogens is 4. The molecule has 20 heavy (non-hydrogen) atoms. The van der Waals surface area contributed by atoms with Crippen LogP contribution in [0.1, 0.15) is 5.56 Å². The van der Waals surface area contributed by atoms with E-state index in [9.17, 15) is 4.79 Å². The molecule has 0 aliphatic carbocycles. The standard InChI is InChI=1S/C14H12N4OS/c19-13-11-12(16-8-7-15-11)17-14(20)18(13)9-6-10-4-2-1-3-5-10/h1-5,7-8H,6,9H2,(H,16,17,20). The van der Waals surface area contributed by atoms with E-state index < -0.39 is 0 Å². The minimum absolute atomic E-state index is 0.201. The van der Waals surface area contributed by atoms with Crippen LogP contribution in [0.3, 0.4) is 0 Å². The molecule has 100 valence electrons. The van der Waals surface area contributed by atoms with Crippen molar-refractivity contribution in [2.75, 3.05) is 0 Å². The van der Waals surface area contributed by atoms with Crippen LogP contribution in [0.2, 0.25) is 0 Å². The van der Waals surface area contributed by atoms with Crippen molar-refractivity contribution in [2.24, 2.45) is 0 Å². The molecule has 0 aliphatic heterocycles. The second-order valence-electron chi connectivity index (χ2n) is 4.38. The van der Waals surface area contributed by atoms with Crippen LogP contribution in [0.25, 0.3) is 11.2 Å². The third-order valence-electron chi connectivity index (χ3n) is 3.08.